The highest BCUT2D eigenvalue weighted by Gasteiger charge is 2.51. The number of nitrogens with two attached hydrogens (primary N) is 4. The first-order valence-corrected chi connectivity index (χ1v) is 9.77. The summed E-state index contributed by atoms with van der Waals surface area (Å²) in [5.41, 5.74) is 33.4. The molecule has 1 heterocycles. The summed E-state index contributed by atoms with van der Waals surface area (Å²) in [4.78, 5) is 0. The molecule has 1 spiro atoms. The first-order chi connectivity index (χ1) is 14.5. The Hall–Kier alpha value is -4.12. The minimum Gasteiger partial charge on any atom is -0.457 e. The SMILES string of the molecule is Nc1ccc2c(c1)C1(c3cc(N)ccc3O2)c2cc(N)ccc2-c2ccc(N)cc21. The van der Waals surface area contributed by atoms with Gasteiger partial charge >= 0.3 is 0 Å². The molecule has 0 bridgehead atoms. The maximum atomic E-state index is 6.29. The largest absolute Gasteiger partial charge is 0.457 e. The summed E-state index contributed by atoms with van der Waals surface area (Å²) < 4.78 is 6.29. The number of ether oxygens (including phenoxy) is 1. The molecule has 30 heavy (non-hydrogen) atoms. The van der Waals surface area contributed by atoms with Crippen LogP contribution in [-0.2, 0) is 5.41 Å². The molecule has 0 saturated heterocycles. The molecular formula is C25H20N4O. The molecule has 0 amide bonds. The Labute approximate surface area is 173 Å². The summed E-state index contributed by atoms with van der Waals surface area (Å²) in [6.45, 7) is 0. The molecule has 0 unspecified atom stereocenters. The fourth-order valence-electron chi connectivity index (χ4n) is 5.06. The van der Waals surface area contributed by atoms with Gasteiger partial charge in [-0.3, -0.25) is 0 Å². The van der Waals surface area contributed by atoms with E-state index in [9.17, 15) is 0 Å². The molecule has 2 aliphatic rings. The molecule has 5 heteroatoms. The van der Waals surface area contributed by atoms with E-state index >= 15 is 0 Å². The Morgan fingerprint density at radius 2 is 0.833 bits per heavy atom. The second-order valence-corrected chi connectivity index (χ2v) is 7.97. The Balaban J connectivity index is 1.87. The van der Waals surface area contributed by atoms with Gasteiger partial charge in [0, 0.05) is 33.9 Å². The van der Waals surface area contributed by atoms with E-state index in [1.54, 1.807) is 0 Å². The Morgan fingerprint density at radius 3 is 1.27 bits per heavy atom. The van der Waals surface area contributed by atoms with Crippen LogP contribution in [0.5, 0.6) is 11.5 Å². The normalized spacial score (nSPS) is 14.4. The molecule has 0 aromatic heterocycles. The summed E-state index contributed by atoms with van der Waals surface area (Å²) in [5, 5.41) is 0. The van der Waals surface area contributed by atoms with Gasteiger partial charge in [0.25, 0.3) is 0 Å². The van der Waals surface area contributed by atoms with Crippen LogP contribution in [0.2, 0.25) is 0 Å². The van der Waals surface area contributed by atoms with Crippen molar-refractivity contribution >= 4 is 22.7 Å². The first kappa shape index (κ1) is 16.8. The number of hydrogen-bond donors (Lipinski definition) is 4. The summed E-state index contributed by atoms with van der Waals surface area (Å²) >= 11 is 0. The van der Waals surface area contributed by atoms with E-state index in [4.69, 9.17) is 27.7 Å². The van der Waals surface area contributed by atoms with Crippen LogP contribution in [0.15, 0.2) is 72.8 Å². The molecular weight excluding hydrogens is 372 g/mol. The monoisotopic (exact) mass is 392 g/mol. The lowest BCUT2D eigenvalue weighted by molar-refractivity contribution is 0.436. The van der Waals surface area contributed by atoms with Crippen molar-refractivity contribution in [3.8, 4) is 22.6 Å². The molecule has 1 aliphatic carbocycles. The van der Waals surface area contributed by atoms with Crippen molar-refractivity contribution in [2.75, 3.05) is 22.9 Å². The highest BCUT2D eigenvalue weighted by atomic mass is 16.5. The van der Waals surface area contributed by atoms with Gasteiger partial charge in [-0.1, -0.05) is 12.1 Å². The van der Waals surface area contributed by atoms with Gasteiger partial charge in [0.1, 0.15) is 11.5 Å². The van der Waals surface area contributed by atoms with Gasteiger partial charge < -0.3 is 27.7 Å². The number of benzene rings is 4. The third-order valence-electron chi connectivity index (χ3n) is 6.22. The molecule has 5 nitrogen and oxygen atoms in total. The van der Waals surface area contributed by atoms with Crippen molar-refractivity contribution in [1.29, 1.82) is 0 Å². The van der Waals surface area contributed by atoms with Crippen molar-refractivity contribution in [2.45, 2.75) is 5.41 Å². The average molecular weight is 392 g/mol. The molecule has 8 N–H and O–H groups in total. The minimum atomic E-state index is -0.677. The lowest BCUT2D eigenvalue weighted by Gasteiger charge is -2.39. The van der Waals surface area contributed by atoms with Gasteiger partial charge in [0.15, 0.2) is 0 Å². The first-order valence-electron chi connectivity index (χ1n) is 9.77. The Kier molecular flexibility index (Phi) is 3.07. The number of nitrogen functional groups attached to an aromatic ring is 4. The van der Waals surface area contributed by atoms with Crippen LogP contribution in [0.1, 0.15) is 22.3 Å². The summed E-state index contributed by atoms with van der Waals surface area (Å²) in [7, 11) is 0. The molecule has 0 atom stereocenters. The van der Waals surface area contributed by atoms with Crippen molar-refractivity contribution in [2.24, 2.45) is 0 Å². The smallest absolute Gasteiger partial charge is 0.132 e. The summed E-state index contributed by atoms with van der Waals surface area (Å²) in [5.74, 6) is 1.51. The zero-order valence-electron chi connectivity index (χ0n) is 16.1. The Bertz CT molecular complexity index is 1270. The molecule has 4 aromatic carbocycles. The number of fused-ring (bicyclic) bond motifs is 9. The van der Waals surface area contributed by atoms with E-state index in [1.165, 1.54) is 0 Å². The fraction of sp³-hybridized carbons (Fsp3) is 0.0400. The van der Waals surface area contributed by atoms with Gasteiger partial charge in [-0.15, -0.1) is 0 Å². The molecule has 1 aliphatic heterocycles. The third-order valence-corrected chi connectivity index (χ3v) is 6.22. The van der Waals surface area contributed by atoms with E-state index < -0.39 is 5.41 Å². The van der Waals surface area contributed by atoms with E-state index in [2.05, 4.69) is 12.1 Å². The lowest BCUT2D eigenvalue weighted by atomic mass is 9.66. The second kappa shape index (κ2) is 5.48. The van der Waals surface area contributed by atoms with Gasteiger partial charge in [-0.05, 0) is 82.9 Å². The highest BCUT2D eigenvalue weighted by molar-refractivity contribution is 5.91. The van der Waals surface area contributed by atoms with Gasteiger partial charge in [-0.25, -0.2) is 0 Å². The summed E-state index contributed by atoms with van der Waals surface area (Å²) in [6.07, 6.45) is 0. The van der Waals surface area contributed by atoms with Gasteiger partial charge in [-0.2, -0.15) is 0 Å². The topological polar surface area (TPSA) is 113 Å². The number of rotatable bonds is 0. The minimum absolute atomic E-state index is 0.659. The van der Waals surface area contributed by atoms with E-state index in [-0.39, 0.29) is 0 Å². The van der Waals surface area contributed by atoms with Crippen LogP contribution in [0.3, 0.4) is 0 Å². The predicted octanol–water partition coefficient (Wildman–Crippen LogP) is 4.48. The Morgan fingerprint density at radius 1 is 0.467 bits per heavy atom. The maximum Gasteiger partial charge on any atom is 0.132 e. The molecule has 6 rings (SSSR count). The maximum absolute atomic E-state index is 6.29. The van der Waals surface area contributed by atoms with Crippen LogP contribution < -0.4 is 27.7 Å². The van der Waals surface area contributed by atoms with Gasteiger partial charge in [0.05, 0.1) is 5.41 Å². The van der Waals surface area contributed by atoms with E-state index in [1.807, 2.05) is 60.7 Å². The number of anilines is 4. The zero-order chi connectivity index (χ0) is 20.6. The van der Waals surface area contributed by atoms with Crippen molar-refractivity contribution in [3.05, 3.63) is 95.1 Å². The fourth-order valence-corrected chi connectivity index (χ4v) is 5.06. The predicted molar refractivity (Wildman–Crippen MR) is 121 cm³/mol. The molecule has 0 saturated carbocycles. The van der Waals surface area contributed by atoms with Crippen LogP contribution in [0.4, 0.5) is 22.7 Å². The molecule has 0 fully saturated rings. The van der Waals surface area contributed by atoms with Crippen molar-refractivity contribution < 1.29 is 4.74 Å². The number of hydrogen-bond acceptors (Lipinski definition) is 5. The highest BCUT2D eigenvalue weighted by Crippen LogP contribution is 2.62. The second-order valence-electron chi connectivity index (χ2n) is 7.97. The van der Waals surface area contributed by atoms with Gasteiger partial charge in [0.2, 0.25) is 0 Å². The van der Waals surface area contributed by atoms with Crippen LogP contribution in [0.25, 0.3) is 11.1 Å². The lowest BCUT2D eigenvalue weighted by Crippen LogP contribution is -2.32. The third kappa shape index (κ3) is 1.96. The van der Waals surface area contributed by atoms with Crippen LogP contribution >= 0.6 is 0 Å². The van der Waals surface area contributed by atoms with E-state index in [0.29, 0.717) is 22.7 Å². The zero-order valence-corrected chi connectivity index (χ0v) is 16.1. The average Bonchev–Trinajstić information content (AvgIpc) is 2.99. The quantitative estimate of drug-likeness (QED) is 0.285. The standard InChI is InChI=1S/C25H20N4O/c26-13-1-5-17-18-6-2-14(27)10-20(18)25(19(17)9-13)21-11-15(28)3-7-23(21)30-24-8-4-16(29)12-22(24)25/h1-12H,26-29H2. The molecule has 0 radical (unpaired) electrons. The molecule has 4 aromatic rings. The molecule has 146 valence electrons. The van der Waals surface area contributed by atoms with Crippen LogP contribution in [0, 0.1) is 0 Å². The van der Waals surface area contributed by atoms with E-state index in [0.717, 1.165) is 44.9 Å². The summed E-state index contributed by atoms with van der Waals surface area (Å²) in [6, 6.07) is 23.6. The van der Waals surface area contributed by atoms with Crippen LogP contribution in [-0.4, -0.2) is 0 Å². The van der Waals surface area contributed by atoms with Crippen molar-refractivity contribution in [1.82, 2.24) is 0 Å². The van der Waals surface area contributed by atoms with Crippen molar-refractivity contribution in [3.63, 3.8) is 0 Å².